The number of hydrogen-bond donors (Lipinski definition) is 1. The van der Waals surface area contributed by atoms with Crippen molar-refractivity contribution in [2.75, 3.05) is 31.1 Å². The molecule has 5 heteroatoms. The van der Waals surface area contributed by atoms with Crippen molar-refractivity contribution < 1.29 is 8.42 Å². The van der Waals surface area contributed by atoms with Gasteiger partial charge >= 0.3 is 0 Å². The van der Waals surface area contributed by atoms with Crippen LogP contribution in [0.3, 0.4) is 0 Å². The molecule has 1 N–H and O–H groups in total. The van der Waals surface area contributed by atoms with E-state index in [0.717, 1.165) is 32.0 Å². The molecule has 0 aromatic rings. The van der Waals surface area contributed by atoms with Crippen LogP contribution in [0.15, 0.2) is 0 Å². The van der Waals surface area contributed by atoms with E-state index in [0.29, 0.717) is 17.5 Å². The molecule has 3 aliphatic rings. The molecule has 17 heavy (non-hydrogen) atoms. The second kappa shape index (κ2) is 3.93. The molecule has 1 saturated carbocycles. The van der Waals surface area contributed by atoms with E-state index in [9.17, 15) is 8.42 Å². The van der Waals surface area contributed by atoms with Gasteiger partial charge in [0.1, 0.15) is 0 Å². The summed E-state index contributed by atoms with van der Waals surface area (Å²) in [4.78, 5) is 2.43. The third-order valence-corrected chi connectivity index (χ3v) is 6.53. The summed E-state index contributed by atoms with van der Waals surface area (Å²) >= 11 is 0. The van der Waals surface area contributed by atoms with Crippen molar-refractivity contribution in [1.29, 1.82) is 0 Å². The molecule has 2 aliphatic heterocycles. The molecule has 0 spiro atoms. The van der Waals surface area contributed by atoms with Crippen LogP contribution in [0.5, 0.6) is 0 Å². The van der Waals surface area contributed by atoms with Gasteiger partial charge in [0.25, 0.3) is 0 Å². The van der Waals surface area contributed by atoms with E-state index < -0.39 is 9.84 Å². The van der Waals surface area contributed by atoms with E-state index in [1.165, 1.54) is 12.8 Å². The summed E-state index contributed by atoms with van der Waals surface area (Å²) < 4.78 is 23.3. The molecule has 1 aliphatic carbocycles. The standard InChI is InChI=1S/C12H22N2O2S/c1-12(4-7-17(15,16)9-12)14-6-5-13-11(8-14)10-2-3-10/h10-11,13H,2-9H2,1H3. The van der Waals surface area contributed by atoms with E-state index in [-0.39, 0.29) is 5.54 Å². The zero-order valence-electron chi connectivity index (χ0n) is 10.5. The minimum atomic E-state index is -2.79. The van der Waals surface area contributed by atoms with Gasteiger partial charge in [-0.15, -0.1) is 0 Å². The molecule has 0 bridgehead atoms. The molecule has 0 aromatic heterocycles. The van der Waals surface area contributed by atoms with E-state index in [1.54, 1.807) is 0 Å². The third kappa shape index (κ3) is 2.37. The monoisotopic (exact) mass is 258 g/mol. The Balaban J connectivity index is 1.70. The lowest BCUT2D eigenvalue weighted by molar-refractivity contribution is 0.0821. The molecular weight excluding hydrogens is 236 g/mol. The molecule has 2 saturated heterocycles. The number of nitrogens with one attached hydrogen (secondary N) is 1. The molecule has 0 radical (unpaired) electrons. The van der Waals surface area contributed by atoms with Crippen LogP contribution in [0, 0.1) is 5.92 Å². The van der Waals surface area contributed by atoms with Gasteiger partial charge in [-0.3, -0.25) is 4.90 Å². The van der Waals surface area contributed by atoms with Gasteiger partial charge in [-0.1, -0.05) is 0 Å². The highest BCUT2D eigenvalue weighted by Gasteiger charge is 2.45. The van der Waals surface area contributed by atoms with Gasteiger partial charge < -0.3 is 5.32 Å². The fourth-order valence-corrected chi connectivity index (χ4v) is 5.50. The Bertz CT molecular complexity index is 405. The van der Waals surface area contributed by atoms with Gasteiger partial charge in [0.15, 0.2) is 9.84 Å². The number of nitrogens with zero attached hydrogens (tertiary/aromatic N) is 1. The van der Waals surface area contributed by atoms with Crippen molar-refractivity contribution in [3.63, 3.8) is 0 Å². The lowest BCUT2D eigenvalue weighted by Gasteiger charge is -2.43. The maximum atomic E-state index is 11.7. The predicted molar refractivity (Wildman–Crippen MR) is 67.8 cm³/mol. The van der Waals surface area contributed by atoms with E-state index >= 15 is 0 Å². The molecule has 3 fully saturated rings. The van der Waals surface area contributed by atoms with E-state index in [4.69, 9.17) is 0 Å². The Morgan fingerprint density at radius 1 is 1.35 bits per heavy atom. The van der Waals surface area contributed by atoms with E-state index in [2.05, 4.69) is 17.1 Å². The molecule has 4 nitrogen and oxygen atoms in total. The first-order valence-corrected chi connectivity index (χ1v) is 8.50. The van der Waals surface area contributed by atoms with Crippen molar-refractivity contribution in [1.82, 2.24) is 10.2 Å². The minimum Gasteiger partial charge on any atom is -0.311 e. The molecule has 2 atom stereocenters. The summed E-state index contributed by atoms with van der Waals surface area (Å²) in [5, 5.41) is 3.58. The number of sulfone groups is 1. The second-order valence-electron chi connectivity index (χ2n) is 6.18. The third-order valence-electron chi connectivity index (χ3n) is 4.64. The first-order valence-electron chi connectivity index (χ1n) is 6.67. The summed E-state index contributed by atoms with van der Waals surface area (Å²) in [6.07, 6.45) is 3.51. The predicted octanol–water partition coefficient (Wildman–Crippen LogP) is 0.247. The lowest BCUT2D eigenvalue weighted by Crippen LogP contribution is -2.59. The van der Waals surface area contributed by atoms with Crippen LogP contribution >= 0.6 is 0 Å². The highest BCUT2D eigenvalue weighted by molar-refractivity contribution is 7.91. The van der Waals surface area contributed by atoms with Crippen LogP contribution in [0.1, 0.15) is 26.2 Å². The highest BCUT2D eigenvalue weighted by Crippen LogP contribution is 2.36. The molecule has 3 rings (SSSR count). The van der Waals surface area contributed by atoms with Crippen LogP contribution in [0.4, 0.5) is 0 Å². The molecule has 2 heterocycles. The van der Waals surface area contributed by atoms with Crippen LogP contribution in [0.25, 0.3) is 0 Å². The molecule has 98 valence electrons. The smallest absolute Gasteiger partial charge is 0.152 e. The van der Waals surface area contributed by atoms with Crippen molar-refractivity contribution in [3.8, 4) is 0 Å². The van der Waals surface area contributed by atoms with Crippen LogP contribution in [-0.2, 0) is 9.84 Å². The number of piperazine rings is 1. The average molecular weight is 258 g/mol. The van der Waals surface area contributed by atoms with E-state index in [1.807, 2.05) is 0 Å². The number of rotatable bonds is 2. The van der Waals surface area contributed by atoms with Crippen LogP contribution in [0.2, 0.25) is 0 Å². The summed E-state index contributed by atoms with van der Waals surface area (Å²) in [7, 11) is -2.79. The normalized spacial score (nSPS) is 42.8. The van der Waals surface area contributed by atoms with Gasteiger partial charge in [-0.05, 0) is 32.1 Å². The average Bonchev–Trinajstić information content (AvgIpc) is 3.07. The zero-order valence-corrected chi connectivity index (χ0v) is 11.3. The second-order valence-corrected chi connectivity index (χ2v) is 8.37. The molecular formula is C12H22N2O2S. The van der Waals surface area contributed by atoms with Crippen LogP contribution in [-0.4, -0.2) is 56.0 Å². The summed E-state index contributed by atoms with van der Waals surface area (Å²) in [6.45, 7) is 5.18. The topological polar surface area (TPSA) is 49.4 Å². The maximum Gasteiger partial charge on any atom is 0.152 e. The fraction of sp³-hybridized carbons (Fsp3) is 1.00. The largest absolute Gasteiger partial charge is 0.311 e. The molecule has 0 aromatic carbocycles. The Morgan fingerprint density at radius 2 is 2.12 bits per heavy atom. The Kier molecular flexibility index (Phi) is 2.76. The highest BCUT2D eigenvalue weighted by atomic mass is 32.2. The minimum absolute atomic E-state index is 0.103. The SMILES string of the molecule is CC1(N2CCNC(C3CC3)C2)CCS(=O)(=O)C1. The zero-order chi connectivity index (χ0) is 12.1. The Hall–Kier alpha value is -0.130. The van der Waals surface area contributed by atoms with Gasteiger partial charge in [0.05, 0.1) is 11.5 Å². The van der Waals surface area contributed by atoms with Gasteiger partial charge in [0.2, 0.25) is 0 Å². The maximum absolute atomic E-state index is 11.7. The van der Waals surface area contributed by atoms with Crippen molar-refractivity contribution in [2.45, 2.75) is 37.8 Å². The fourth-order valence-electron chi connectivity index (χ4n) is 3.33. The Labute approximate surface area is 104 Å². The van der Waals surface area contributed by atoms with Gasteiger partial charge in [-0.25, -0.2) is 8.42 Å². The van der Waals surface area contributed by atoms with Crippen molar-refractivity contribution >= 4 is 9.84 Å². The van der Waals surface area contributed by atoms with Crippen molar-refractivity contribution in [2.24, 2.45) is 5.92 Å². The van der Waals surface area contributed by atoms with Crippen molar-refractivity contribution in [3.05, 3.63) is 0 Å². The quantitative estimate of drug-likeness (QED) is 0.771. The Morgan fingerprint density at radius 3 is 2.71 bits per heavy atom. The summed E-state index contributed by atoms with van der Waals surface area (Å²) in [5.41, 5.74) is -0.103. The molecule has 0 amide bonds. The summed E-state index contributed by atoms with van der Waals surface area (Å²) in [5.74, 6) is 1.58. The molecule has 2 unspecified atom stereocenters. The van der Waals surface area contributed by atoms with Gasteiger partial charge in [0, 0.05) is 31.2 Å². The summed E-state index contributed by atoms with van der Waals surface area (Å²) in [6, 6.07) is 0.601. The number of hydrogen-bond acceptors (Lipinski definition) is 4. The lowest BCUT2D eigenvalue weighted by atomic mass is 9.96. The van der Waals surface area contributed by atoms with Crippen LogP contribution < -0.4 is 5.32 Å². The van der Waals surface area contributed by atoms with Gasteiger partial charge in [-0.2, -0.15) is 0 Å². The first kappa shape index (κ1) is 11.9. The first-order chi connectivity index (χ1) is 7.99.